The van der Waals surface area contributed by atoms with Gasteiger partial charge >= 0.3 is 0 Å². The summed E-state index contributed by atoms with van der Waals surface area (Å²) in [7, 11) is 3.14. The second-order valence-electron chi connectivity index (χ2n) is 8.97. The Labute approximate surface area is 197 Å². The lowest BCUT2D eigenvalue weighted by atomic mass is 9.69. The van der Waals surface area contributed by atoms with Crippen molar-refractivity contribution in [1.29, 1.82) is 0 Å². The van der Waals surface area contributed by atoms with E-state index < -0.39 is 0 Å². The Bertz CT molecular complexity index is 1140. The molecule has 2 aromatic carbocycles. The molecule has 2 aromatic rings. The van der Waals surface area contributed by atoms with E-state index in [0.717, 1.165) is 5.56 Å². The number of halogens is 2. The van der Waals surface area contributed by atoms with Crippen molar-refractivity contribution in [3.63, 3.8) is 0 Å². The van der Waals surface area contributed by atoms with Crippen LogP contribution in [-0.2, 0) is 9.59 Å². The molecule has 0 saturated heterocycles. The summed E-state index contributed by atoms with van der Waals surface area (Å²) in [6.45, 7) is 4.08. The Kier molecular flexibility index (Phi) is 5.99. The van der Waals surface area contributed by atoms with E-state index in [-0.39, 0.29) is 29.4 Å². The number of rotatable bonds is 4. The molecule has 1 aliphatic carbocycles. The summed E-state index contributed by atoms with van der Waals surface area (Å²) >= 11 is 12.7. The van der Waals surface area contributed by atoms with E-state index in [1.807, 2.05) is 26.0 Å². The van der Waals surface area contributed by atoms with E-state index in [4.69, 9.17) is 32.7 Å². The van der Waals surface area contributed by atoms with Crippen LogP contribution >= 0.6 is 23.2 Å². The molecule has 0 N–H and O–H groups in total. The van der Waals surface area contributed by atoms with Crippen molar-refractivity contribution >= 4 is 40.6 Å². The third-order valence-electron chi connectivity index (χ3n) is 6.13. The van der Waals surface area contributed by atoms with Crippen LogP contribution in [0.1, 0.15) is 44.6 Å². The lowest BCUT2D eigenvalue weighted by molar-refractivity contribution is -0.121. The molecule has 168 valence electrons. The SMILES string of the molecule is COc1ccc(C2CC(=O)N(c3cccc(Cl)c3Cl)C3=C2C(=O)CC(C)(C)C3)cc1OC. The number of methoxy groups -OCH3 is 2. The van der Waals surface area contributed by atoms with Gasteiger partial charge in [0.1, 0.15) is 0 Å². The maximum atomic E-state index is 13.5. The average Bonchev–Trinajstić information content (AvgIpc) is 2.74. The molecule has 32 heavy (non-hydrogen) atoms. The number of amides is 1. The van der Waals surface area contributed by atoms with E-state index in [2.05, 4.69) is 0 Å². The molecule has 2 aliphatic rings. The number of benzene rings is 2. The highest BCUT2D eigenvalue weighted by atomic mass is 35.5. The fourth-order valence-electron chi connectivity index (χ4n) is 4.71. The first kappa shape index (κ1) is 22.7. The van der Waals surface area contributed by atoms with Gasteiger partial charge in [0.05, 0.1) is 30.0 Å². The third kappa shape index (κ3) is 3.89. The lowest BCUT2D eigenvalue weighted by Gasteiger charge is -2.43. The smallest absolute Gasteiger partial charge is 0.232 e. The summed E-state index contributed by atoms with van der Waals surface area (Å²) in [4.78, 5) is 28.5. The van der Waals surface area contributed by atoms with Gasteiger partial charge in [-0.25, -0.2) is 0 Å². The van der Waals surface area contributed by atoms with Gasteiger partial charge in [0.2, 0.25) is 5.91 Å². The molecule has 4 rings (SSSR count). The number of ketones is 1. The molecule has 7 heteroatoms. The Morgan fingerprint density at radius 2 is 1.72 bits per heavy atom. The predicted molar refractivity (Wildman–Crippen MR) is 126 cm³/mol. The predicted octanol–water partition coefficient (Wildman–Crippen LogP) is 6.17. The average molecular weight is 474 g/mol. The molecule has 1 atom stereocenters. The quantitative estimate of drug-likeness (QED) is 0.532. The van der Waals surface area contributed by atoms with Crippen molar-refractivity contribution in [1.82, 2.24) is 0 Å². The van der Waals surface area contributed by atoms with Gasteiger partial charge in [-0.2, -0.15) is 0 Å². The van der Waals surface area contributed by atoms with E-state index >= 15 is 0 Å². The molecule has 0 saturated carbocycles. The first-order valence-electron chi connectivity index (χ1n) is 10.4. The van der Waals surface area contributed by atoms with Crippen LogP contribution in [0.3, 0.4) is 0 Å². The highest BCUT2D eigenvalue weighted by molar-refractivity contribution is 6.44. The number of Topliss-reactive ketones (excluding diaryl/α,β-unsaturated/α-hetero) is 1. The van der Waals surface area contributed by atoms with Gasteiger partial charge in [0.15, 0.2) is 17.3 Å². The summed E-state index contributed by atoms with van der Waals surface area (Å²) in [5.74, 6) is 0.708. The molecule has 5 nitrogen and oxygen atoms in total. The first-order valence-corrected chi connectivity index (χ1v) is 11.2. The van der Waals surface area contributed by atoms with E-state index in [0.29, 0.717) is 51.3 Å². The molecule has 0 radical (unpaired) electrons. The standard InChI is InChI=1S/C25H25Cl2NO4/c1-25(2)12-18-23(19(29)13-25)15(14-8-9-20(31-3)21(10-14)32-4)11-22(30)28(18)17-7-5-6-16(26)24(17)27/h5-10,15H,11-13H2,1-4H3. The molecular formula is C25H25Cl2NO4. The van der Waals surface area contributed by atoms with Crippen molar-refractivity contribution in [2.24, 2.45) is 5.41 Å². The van der Waals surface area contributed by atoms with Crippen LogP contribution < -0.4 is 14.4 Å². The normalized spacial score (nSPS) is 20.3. The number of anilines is 1. The molecular weight excluding hydrogens is 449 g/mol. The number of carbonyl (C=O) groups excluding carboxylic acids is 2. The van der Waals surface area contributed by atoms with Crippen molar-refractivity contribution in [2.45, 2.75) is 39.0 Å². The Hall–Kier alpha value is -2.50. The summed E-state index contributed by atoms with van der Waals surface area (Å²) < 4.78 is 10.8. The fourth-order valence-corrected chi connectivity index (χ4v) is 5.09. The van der Waals surface area contributed by atoms with Crippen molar-refractivity contribution in [3.8, 4) is 11.5 Å². The Balaban J connectivity index is 1.92. The van der Waals surface area contributed by atoms with Crippen molar-refractivity contribution in [2.75, 3.05) is 19.1 Å². The van der Waals surface area contributed by atoms with Crippen LogP contribution in [0.5, 0.6) is 11.5 Å². The largest absolute Gasteiger partial charge is 0.493 e. The van der Waals surface area contributed by atoms with Crippen LogP contribution in [0.2, 0.25) is 10.0 Å². The number of hydrogen-bond donors (Lipinski definition) is 0. The summed E-state index contributed by atoms with van der Waals surface area (Å²) in [5, 5.41) is 0.664. The monoisotopic (exact) mass is 473 g/mol. The molecule has 1 amide bonds. The van der Waals surface area contributed by atoms with Crippen LogP contribution in [0.25, 0.3) is 0 Å². The molecule has 0 bridgehead atoms. The topological polar surface area (TPSA) is 55.8 Å². The zero-order chi connectivity index (χ0) is 23.2. The van der Waals surface area contributed by atoms with Gasteiger partial charge in [-0.15, -0.1) is 0 Å². The minimum absolute atomic E-state index is 0.0479. The molecule has 0 spiro atoms. The molecule has 1 aliphatic heterocycles. The number of allylic oxidation sites excluding steroid dienone is 2. The van der Waals surface area contributed by atoms with E-state index in [1.54, 1.807) is 43.4 Å². The zero-order valence-electron chi connectivity index (χ0n) is 18.5. The van der Waals surface area contributed by atoms with Crippen molar-refractivity contribution < 1.29 is 19.1 Å². The Morgan fingerprint density at radius 1 is 1.00 bits per heavy atom. The van der Waals surface area contributed by atoms with Gasteiger partial charge in [0.25, 0.3) is 0 Å². The van der Waals surface area contributed by atoms with Gasteiger partial charge in [0, 0.05) is 30.0 Å². The number of ether oxygens (including phenoxy) is 2. The highest BCUT2D eigenvalue weighted by Crippen LogP contribution is 2.50. The second-order valence-corrected chi connectivity index (χ2v) is 9.76. The van der Waals surface area contributed by atoms with Crippen LogP contribution in [-0.4, -0.2) is 25.9 Å². The molecule has 1 heterocycles. The second kappa shape index (κ2) is 8.45. The third-order valence-corrected chi connectivity index (χ3v) is 6.93. The number of nitrogens with zero attached hydrogens (tertiary/aromatic N) is 1. The van der Waals surface area contributed by atoms with E-state index in [9.17, 15) is 9.59 Å². The van der Waals surface area contributed by atoms with Crippen molar-refractivity contribution in [3.05, 3.63) is 63.3 Å². The zero-order valence-corrected chi connectivity index (χ0v) is 20.0. The van der Waals surface area contributed by atoms with Crippen LogP contribution in [0.15, 0.2) is 47.7 Å². The molecule has 0 aromatic heterocycles. The maximum absolute atomic E-state index is 13.5. The highest BCUT2D eigenvalue weighted by Gasteiger charge is 2.45. The lowest BCUT2D eigenvalue weighted by Crippen LogP contribution is -2.43. The summed E-state index contributed by atoms with van der Waals surface area (Å²) in [5.41, 5.74) is 2.43. The minimum Gasteiger partial charge on any atom is -0.493 e. The fraction of sp³-hybridized carbons (Fsp3) is 0.360. The molecule has 1 unspecified atom stereocenters. The Morgan fingerprint density at radius 3 is 2.41 bits per heavy atom. The number of carbonyl (C=O) groups is 2. The van der Waals surface area contributed by atoms with Crippen LogP contribution in [0, 0.1) is 5.41 Å². The summed E-state index contributed by atoms with van der Waals surface area (Å²) in [6, 6.07) is 10.7. The molecule has 0 fully saturated rings. The number of hydrogen-bond acceptors (Lipinski definition) is 4. The summed E-state index contributed by atoms with van der Waals surface area (Å²) in [6.07, 6.45) is 1.14. The minimum atomic E-state index is -0.366. The van der Waals surface area contributed by atoms with Gasteiger partial charge in [-0.05, 0) is 41.7 Å². The van der Waals surface area contributed by atoms with Gasteiger partial charge in [-0.3, -0.25) is 14.5 Å². The maximum Gasteiger partial charge on any atom is 0.232 e. The van der Waals surface area contributed by atoms with Gasteiger partial charge in [-0.1, -0.05) is 49.2 Å². The van der Waals surface area contributed by atoms with Gasteiger partial charge < -0.3 is 9.47 Å². The van der Waals surface area contributed by atoms with Crippen LogP contribution in [0.4, 0.5) is 5.69 Å². The first-order chi connectivity index (χ1) is 15.2. The van der Waals surface area contributed by atoms with E-state index in [1.165, 1.54) is 0 Å².